The van der Waals surface area contributed by atoms with Crippen LogP contribution < -0.4 is 26.2 Å². The monoisotopic (exact) mass is 1140 g/mol. The lowest BCUT2D eigenvalue weighted by Crippen LogP contribution is -2.61. The van der Waals surface area contributed by atoms with Crippen molar-refractivity contribution in [2.75, 3.05) is 9.80 Å². The minimum Gasteiger partial charge on any atom is -0.311 e. The molecule has 2 aliphatic rings. The molecule has 0 saturated heterocycles. The third-order valence-electron chi connectivity index (χ3n) is 19.2. The van der Waals surface area contributed by atoms with E-state index in [-0.39, 0.29) is 6.71 Å². The number of fused-ring (bicyclic) bond motifs is 14. The maximum Gasteiger partial charge on any atom is 0.252 e. The fourth-order valence-corrected chi connectivity index (χ4v) is 15.3. The molecule has 14 aromatic carbocycles. The second-order valence-corrected chi connectivity index (χ2v) is 24.0. The normalized spacial score (nSPS) is 12.6. The summed E-state index contributed by atoms with van der Waals surface area (Å²) in [6.45, 7) is -0.194. The second kappa shape index (κ2) is 19.8. The molecule has 0 saturated carbocycles. The van der Waals surface area contributed by atoms with Gasteiger partial charge in [-0.2, -0.15) is 0 Å². The Bertz CT molecular complexity index is 5640. The molecule has 0 bridgehead atoms. The average molecular weight is 1140 g/mol. The number of anilines is 6. The van der Waals surface area contributed by atoms with Crippen molar-refractivity contribution < 1.29 is 0 Å². The van der Waals surface area contributed by atoms with E-state index in [0.717, 1.165) is 73.1 Å². The molecule has 0 spiro atoms. The maximum absolute atomic E-state index is 2.64. The Morgan fingerprint density at radius 1 is 0.211 bits per heavy atom. The van der Waals surface area contributed by atoms with E-state index in [1.165, 1.54) is 93.2 Å². The van der Waals surface area contributed by atoms with Crippen LogP contribution in [0.15, 0.2) is 328 Å². The number of benzene rings is 14. The van der Waals surface area contributed by atoms with Gasteiger partial charge in [-0.25, -0.2) is 0 Å². The molecular weight excluding hydrogens is 1090 g/mol. The van der Waals surface area contributed by atoms with Crippen LogP contribution in [0.25, 0.3) is 116 Å². The first kappa shape index (κ1) is 50.3. The van der Waals surface area contributed by atoms with Crippen molar-refractivity contribution in [3.63, 3.8) is 0 Å². The summed E-state index contributed by atoms with van der Waals surface area (Å²) in [5, 5.41) is 7.30. The summed E-state index contributed by atoms with van der Waals surface area (Å²) in [6.07, 6.45) is 0. The van der Waals surface area contributed by atoms with Gasteiger partial charge in [0.15, 0.2) is 0 Å². The van der Waals surface area contributed by atoms with Crippen LogP contribution in [0, 0.1) is 0 Å². The summed E-state index contributed by atoms with van der Waals surface area (Å²) in [4.78, 5) is 5.23. The largest absolute Gasteiger partial charge is 0.311 e. The topological polar surface area (TPSA) is 21.3 Å². The van der Waals surface area contributed by atoms with Crippen LogP contribution in [-0.2, 0) is 0 Å². The van der Waals surface area contributed by atoms with Crippen molar-refractivity contribution >= 4 is 123 Å². The van der Waals surface area contributed by atoms with E-state index in [0.29, 0.717) is 0 Å². The van der Waals surface area contributed by atoms with Gasteiger partial charge in [-0.3, -0.25) is 0 Å². The zero-order valence-corrected chi connectivity index (χ0v) is 49.0. The Labute approximate surface area is 521 Å². The summed E-state index contributed by atoms with van der Waals surface area (Å²) in [5.41, 5.74) is 27.7. The molecule has 0 atom stereocenters. The predicted octanol–water partition coefficient (Wildman–Crippen LogP) is 20.1. The molecule has 90 heavy (non-hydrogen) atoms. The first-order valence-corrected chi connectivity index (χ1v) is 31.1. The van der Waals surface area contributed by atoms with Crippen LogP contribution in [0.3, 0.4) is 0 Å². The molecule has 19 rings (SSSR count). The van der Waals surface area contributed by atoms with E-state index in [9.17, 15) is 0 Å². The van der Waals surface area contributed by atoms with Gasteiger partial charge in [0.1, 0.15) is 0 Å². The molecule has 17 aromatic rings. The van der Waals surface area contributed by atoms with Gasteiger partial charge in [0.25, 0.3) is 6.71 Å². The molecule has 0 radical (unpaired) electrons. The Morgan fingerprint density at radius 2 is 0.589 bits per heavy atom. The molecule has 5 nitrogen and oxygen atoms in total. The summed E-state index contributed by atoms with van der Waals surface area (Å²) < 4.78 is 7.48. The van der Waals surface area contributed by atoms with Gasteiger partial charge >= 0.3 is 0 Å². The van der Waals surface area contributed by atoms with Gasteiger partial charge in [0.2, 0.25) is 0 Å². The van der Waals surface area contributed by atoms with Gasteiger partial charge in [-0.05, 0) is 147 Å². The number of nitrogens with zero attached hydrogens (tertiary/aromatic N) is 5. The summed E-state index contributed by atoms with van der Waals surface area (Å²) >= 11 is 0. The minimum absolute atomic E-state index is 0.194. The quantitative estimate of drug-likeness (QED) is 0.141. The SMILES string of the molecule is c1ccc(-c2ccc(N3c4cc(-n5c6ccccc6c6ccccc65)ccc4B4c5ccc6c(c5N(c5cccc(-c7ccccc7)c5)c5cc(-n7c8ccccc8c8ccccc87)cc3c54)c3ccccc3n6-c3cccc(-c4ccccc4)c3)cc2)cc1. The smallest absolute Gasteiger partial charge is 0.252 e. The molecule has 2 aliphatic heterocycles. The molecular formula is C84H54BN5. The first-order chi connectivity index (χ1) is 44.7. The molecule has 0 amide bonds. The molecule has 0 fully saturated rings. The van der Waals surface area contributed by atoms with Crippen molar-refractivity contribution in [1.29, 1.82) is 0 Å². The van der Waals surface area contributed by atoms with Gasteiger partial charge in [0, 0.05) is 72.1 Å². The summed E-state index contributed by atoms with van der Waals surface area (Å²) in [6, 6.07) is 122. The number of rotatable bonds is 8. The van der Waals surface area contributed by atoms with E-state index in [2.05, 4.69) is 351 Å². The third kappa shape index (κ3) is 7.52. The standard InChI is InChI=1S/C84H54BN5/c1-4-22-55(23-5-1)58-42-44-61(45-43-58)86-79-52-64(87-73-37-15-10-32-66(73)67-33-11-16-38-74(67)87)46-47-71(79)85-72-48-49-78-82(70-36-14-19-41-77(70)88(78)62-30-20-28-59(50-62)56-24-6-2-7-25-56)84(72)90(63-31-21-29-60(51-63)57-26-8-3-9-27-57)81-54-65(53-80(86)83(81)85)89-75-39-17-12-34-68(75)69-35-13-18-40-76(69)89/h1-54H. The maximum atomic E-state index is 2.64. The van der Waals surface area contributed by atoms with Crippen molar-refractivity contribution in [2.24, 2.45) is 0 Å². The van der Waals surface area contributed by atoms with E-state index in [1.807, 2.05) is 0 Å². The highest BCUT2D eigenvalue weighted by molar-refractivity contribution is 7.00. The lowest BCUT2D eigenvalue weighted by Gasteiger charge is -2.45. The van der Waals surface area contributed by atoms with Gasteiger partial charge in [-0.1, -0.05) is 231 Å². The lowest BCUT2D eigenvalue weighted by atomic mass is 9.33. The van der Waals surface area contributed by atoms with E-state index < -0.39 is 0 Å². The molecule has 0 N–H and O–H groups in total. The number of aromatic nitrogens is 3. The summed E-state index contributed by atoms with van der Waals surface area (Å²) in [7, 11) is 0. The Morgan fingerprint density at radius 3 is 1.14 bits per heavy atom. The van der Waals surface area contributed by atoms with Gasteiger partial charge < -0.3 is 23.5 Å². The zero-order valence-electron chi connectivity index (χ0n) is 49.0. The highest BCUT2D eigenvalue weighted by atomic mass is 15.2. The molecule has 6 heteroatoms. The van der Waals surface area contributed by atoms with Crippen LogP contribution in [-0.4, -0.2) is 20.4 Å². The second-order valence-electron chi connectivity index (χ2n) is 24.0. The summed E-state index contributed by atoms with van der Waals surface area (Å²) in [5.74, 6) is 0. The number of hydrogen-bond donors (Lipinski definition) is 0. The van der Waals surface area contributed by atoms with E-state index in [1.54, 1.807) is 0 Å². The highest BCUT2D eigenvalue weighted by Gasteiger charge is 2.45. The van der Waals surface area contributed by atoms with Crippen LogP contribution >= 0.6 is 0 Å². The number of hydrogen-bond acceptors (Lipinski definition) is 2. The molecule has 0 unspecified atom stereocenters. The fourth-order valence-electron chi connectivity index (χ4n) is 15.3. The predicted molar refractivity (Wildman–Crippen MR) is 380 cm³/mol. The average Bonchev–Trinajstić information content (AvgIpc) is 1.04. The van der Waals surface area contributed by atoms with Crippen molar-refractivity contribution in [3.05, 3.63) is 328 Å². The van der Waals surface area contributed by atoms with Gasteiger partial charge in [-0.15, -0.1) is 0 Å². The third-order valence-corrected chi connectivity index (χ3v) is 19.2. The molecule has 418 valence electrons. The molecule has 3 aromatic heterocycles. The van der Waals surface area contributed by atoms with E-state index in [4.69, 9.17) is 0 Å². The van der Waals surface area contributed by atoms with Gasteiger partial charge in [0.05, 0.1) is 44.5 Å². The number of para-hydroxylation sites is 5. The lowest BCUT2D eigenvalue weighted by molar-refractivity contribution is 1.15. The highest BCUT2D eigenvalue weighted by Crippen LogP contribution is 2.51. The Hall–Kier alpha value is -11.9. The van der Waals surface area contributed by atoms with Crippen molar-refractivity contribution in [2.45, 2.75) is 0 Å². The zero-order chi connectivity index (χ0) is 59.0. The molecule has 0 aliphatic carbocycles. The van der Waals surface area contributed by atoms with Crippen molar-refractivity contribution in [3.8, 4) is 50.4 Å². The Kier molecular flexibility index (Phi) is 11.1. The first-order valence-electron chi connectivity index (χ1n) is 31.1. The van der Waals surface area contributed by atoms with Crippen LogP contribution in [0.4, 0.5) is 34.1 Å². The van der Waals surface area contributed by atoms with Crippen LogP contribution in [0.5, 0.6) is 0 Å². The van der Waals surface area contributed by atoms with Crippen LogP contribution in [0.1, 0.15) is 0 Å². The minimum atomic E-state index is -0.194. The fraction of sp³-hybridized carbons (Fsp3) is 0. The molecule has 5 heterocycles. The van der Waals surface area contributed by atoms with E-state index >= 15 is 0 Å². The van der Waals surface area contributed by atoms with Crippen molar-refractivity contribution in [1.82, 2.24) is 13.7 Å². The van der Waals surface area contributed by atoms with Crippen LogP contribution in [0.2, 0.25) is 0 Å². The Balaban J connectivity index is 0.962.